The first-order valence-corrected chi connectivity index (χ1v) is 7.21. The molecule has 0 spiro atoms. The first-order valence-electron chi connectivity index (χ1n) is 6.83. The molecule has 0 heterocycles. The van der Waals surface area contributed by atoms with Crippen molar-refractivity contribution in [3.05, 3.63) is 58.6 Å². The molecule has 0 aliphatic carbocycles. The van der Waals surface area contributed by atoms with E-state index >= 15 is 0 Å². The predicted molar refractivity (Wildman–Crippen MR) is 86.2 cm³/mol. The molecule has 2 aromatic rings. The first-order chi connectivity index (χ1) is 10.1. The van der Waals surface area contributed by atoms with Gasteiger partial charge in [-0.2, -0.15) is 0 Å². The Bertz CT molecular complexity index is 623. The summed E-state index contributed by atoms with van der Waals surface area (Å²) < 4.78 is 5.24. The number of carbonyl (C=O) groups excluding carboxylic acids is 1. The van der Waals surface area contributed by atoms with Crippen molar-refractivity contribution >= 4 is 23.2 Å². The predicted octanol–water partition coefficient (Wildman–Crippen LogP) is 4.09. The number of ether oxygens (including phenoxy) is 1. The Morgan fingerprint density at radius 1 is 1.19 bits per heavy atom. The van der Waals surface area contributed by atoms with Crippen molar-refractivity contribution in [3.8, 4) is 5.75 Å². The summed E-state index contributed by atoms with van der Waals surface area (Å²) in [5.41, 5.74) is 2.80. The molecule has 4 heteroatoms. The molecule has 0 fully saturated rings. The Hall–Kier alpha value is -2.00. The van der Waals surface area contributed by atoms with Crippen LogP contribution in [-0.2, 0) is 17.6 Å². The number of benzene rings is 2. The number of amides is 1. The maximum Gasteiger partial charge on any atom is 0.228 e. The van der Waals surface area contributed by atoms with Crippen molar-refractivity contribution in [2.24, 2.45) is 0 Å². The number of halogens is 1. The van der Waals surface area contributed by atoms with Crippen molar-refractivity contribution < 1.29 is 9.53 Å². The fourth-order valence-corrected chi connectivity index (χ4v) is 2.28. The molecule has 3 nitrogen and oxygen atoms in total. The first kappa shape index (κ1) is 15.4. The summed E-state index contributed by atoms with van der Waals surface area (Å²) in [7, 11) is 1.58. The van der Waals surface area contributed by atoms with Crippen LogP contribution in [0.1, 0.15) is 18.1 Å². The summed E-state index contributed by atoms with van der Waals surface area (Å²) in [6, 6.07) is 13.1. The lowest BCUT2D eigenvalue weighted by molar-refractivity contribution is -0.115. The number of hydrogen-bond donors (Lipinski definition) is 1. The van der Waals surface area contributed by atoms with Crippen LogP contribution >= 0.6 is 11.6 Å². The zero-order chi connectivity index (χ0) is 15.2. The Labute approximate surface area is 129 Å². The van der Waals surface area contributed by atoms with E-state index in [1.807, 2.05) is 24.3 Å². The largest absolute Gasteiger partial charge is 0.496 e. The highest BCUT2D eigenvalue weighted by Gasteiger charge is 2.10. The second-order valence-electron chi connectivity index (χ2n) is 4.73. The number of methoxy groups -OCH3 is 1. The Balaban J connectivity index is 2.05. The number of carbonyl (C=O) groups is 1. The second kappa shape index (κ2) is 7.14. The van der Waals surface area contributed by atoms with E-state index in [1.165, 1.54) is 5.56 Å². The van der Waals surface area contributed by atoms with Gasteiger partial charge in [-0.15, -0.1) is 0 Å². The van der Waals surface area contributed by atoms with Gasteiger partial charge in [-0.3, -0.25) is 4.79 Å². The number of nitrogens with one attached hydrogen (secondary N) is 1. The number of aryl methyl sites for hydroxylation is 1. The summed E-state index contributed by atoms with van der Waals surface area (Å²) in [5.74, 6) is 0.565. The monoisotopic (exact) mass is 303 g/mol. The van der Waals surface area contributed by atoms with Gasteiger partial charge in [0.1, 0.15) is 5.75 Å². The van der Waals surface area contributed by atoms with Crippen LogP contribution in [0, 0.1) is 0 Å². The smallest absolute Gasteiger partial charge is 0.228 e. The zero-order valence-electron chi connectivity index (χ0n) is 12.2. The topological polar surface area (TPSA) is 38.3 Å². The molecule has 0 saturated heterocycles. The lowest BCUT2D eigenvalue weighted by Crippen LogP contribution is -2.14. The summed E-state index contributed by atoms with van der Waals surface area (Å²) in [6.45, 7) is 2.10. The van der Waals surface area contributed by atoms with E-state index in [0.717, 1.165) is 17.7 Å². The van der Waals surface area contributed by atoms with E-state index in [4.69, 9.17) is 16.3 Å². The molecule has 0 bridgehead atoms. The Morgan fingerprint density at radius 2 is 1.90 bits per heavy atom. The molecule has 2 rings (SSSR count). The Morgan fingerprint density at radius 3 is 2.52 bits per heavy atom. The third-order valence-corrected chi connectivity index (χ3v) is 3.47. The molecule has 0 aliphatic heterocycles. The van der Waals surface area contributed by atoms with Crippen LogP contribution in [0.4, 0.5) is 5.69 Å². The molecule has 0 aromatic heterocycles. The maximum absolute atomic E-state index is 12.1. The van der Waals surface area contributed by atoms with Gasteiger partial charge in [-0.25, -0.2) is 0 Å². The van der Waals surface area contributed by atoms with Crippen LogP contribution in [0.3, 0.4) is 0 Å². The lowest BCUT2D eigenvalue weighted by Gasteiger charge is -2.10. The summed E-state index contributed by atoms with van der Waals surface area (Å²) in [5, 5.41) is 3.46. The molecule has 110 valence electrons. The zero-order valence-corrected chi connectivity index (χ0v) is 12.9. The van der Waals surface area contributed by atoms with Crippen molar-refractivity contribution in [2.75, 3.05) is 12.4 Å². The van der Waals surface area contributed by atoms with Crippen LogP contribution in [0.15, 0.2) is 42.5 Å². The lowest BCUT2D eigenvalue weighted by atomic mass is 10.1. The molecular formula is C17H18ClNO2. The third kappa shape index (κ3) is 4.23. The molecular weight excluding hydrogens is 286 g/mol. The van der Waals surface area contributed by atoms with Gasteiger partial charge in [0.25, 0.3) is 0 Å². The molecule has 0 saturated carbocycles. The minimum Gasteiger partial charge on any atom is -0.496 e. The third-order valence-electron chi connectivity index (χ3n) is 3.24. The normalized spacial score (nSPS) is 10.2. The summed E-state index contributed by atoms with van der Waals surface area (Å²) in [4.78, 5) is 12.1. The van der Waals surface area contributed by atoms with E-state index in [2.05, 4.69) is 12.2 Å². The highest BCUT2D eigenvalue weighted by Crippen LogP contribution is 2.23. The fourth-order valence-electron chi connectivity index (χ4n) is 2.09. The molecule has 1 amide bonds. The standard InChI is InChI=1S/C17H18ClNO2/c1-3-12-4-7-15(8-5-12)19-17(20)11-13-10-14(18)6-9-16(13)21-2/h4-10H,3,11H2,1-2H3,(H,19,20). The maximum atomic E-state index is 12.1. The second-order valence-corrected chi connectivity index (χ2v) is 5.17. The molecule has 0 unspecified atom stereocenters. The number of rotatable bonds is 5. The fraction of sp³-hybridized carbons (Fsp3) is 0.235. The van der Waals surface area contributed by atoms with E-state index in [9.17, 15) is 4.79 Å². The van der Waals surface area contributed by atoms with Crippen molar-refractivity contribution in [2.45, 2.75) is 19.8 Å². The average molecular weight is 304 g/mol. The van der Waals surface area contributed by atoms with E-state index in [0.29, 0.717) is 10.8 Å². The highest BCUT2D eigenvalue weighted by atomic mass is 35.5. The molecule has 1 N–H and O–H groups in total. The van der Waals surface area contributed by atoms with E-state index in [1.54, 1.807) is 25.3 Å². The van der Waals surface area contributed by atoms with Crippen molar-refractivity contribution in [1.82, 2.24) is 0 Å². The van der Waals surface area contributed by atoms with Crippen LogP contribution < -0.4 is 10.1 Å². The number of anilines is 1. The SMILES string of the molecule is CCc1ccc(NC(=O)Cc2cc(Cl)ccc2OC)cc1. The van der Waals surface area contributed by atoms with Gasteiger partial charge in [-0.05, 0) is 42.3 Å². The molecule has 0 radical (unpaired) electrons. The van der Waals surface area contributed by atoms with Gasteiger partial charge in [0, 0.05) is 16.3 Å². The van der Waals surface area contributed by atoms with Crippen LogP contribution in [-0.4, -0.2) is 13.0 Å². The summed E-state index contributed by atoms with van der Waals surface area (Å²) in [6.07, 6.45) is 1.20. The average Bonchev–Trinajstić information content (AvgIpc) is 2.48. The minimum atomic E-state index is -0.0974. The molecule has 21 heavy (non-hydrogen) atoms. The van der Waals surface area contributed by atoms with Gasteiger partial charge in [-0.1, -0.05) is 30.7 Å². The van der Waals surface area contributed by atoms with E-state index < -0.39 is 0 Å². The van der Waals surface area contributed by atoms with Crippen molar-refractivity contribution in [1.29, 1.82) is 0 Å². The number of hydrogen-bond acceptors (Lipinski definition) is 2. The Kier molecular flexibility index (Phi) is 5.23. The molecule has 0 atom stereocenters. The van der Waals surface area contributed by atoms with Crippen molar-refractivity contribution in [3.63, 3.8) is 0 Å². The van der Waals surface area contributed by atoms with Gasteiger partial charge in [0.15, 0.2) is 0 Å². The van der Waals surface area contributed by atoms with Gasteiger partial charge in [0.05, 0.1) is 13.5 Å². The quantitative estimate of drug-likeness (QED) is 0.903. The molecule has 0 aliphatic rings. The van der Waals surface area contributed by atoms with Crippen LogP contribution in [0.25, 0.3) is 0 Å². The van der Waals surface area contributed by atoms with Gasteiger partial charge < -0.3 is 10.1 Å². The van der Waals surface area contributed by atoms with Gasteiger partial charge in [0.2, 0.25) is 5.91 Å². The van der Waals surface area contributed by atoms with E-state index in [-0.39, 0.29) is 12.3 Å². The highest BCUT2D eigenvalue weighted by molar-refractivity contribution is 6.30. The molecule has 2 aromatic carbocycles. The van der Waals surface area contributed by atoms with Crippen LogP contribution in [0.2, 0.25) is 5.02 Å². The minimum absolute atomic E-state index is 0.0974. The summed E-state index contributed by atoms with van der Waals surface area (Å²) >= 11 is 5.96. The van der Waals surface area contributed by atoms with Crippen LogP contribution in [0.5, 0.6) is 5.75 Å². The van der Waals surface area contributed by atoms with Gasteiger partial charge >= 0.3 is 0 Å².